The standard InChI is InChI=1S/C17H18FN3/c1-3-21(4-2)17-7-5-15(6-8-17)20-16-10-13(12-19)9-14(18)11-16/h5-11,20H,3-4H2,1-2H3. The molecule has 0 unspecified atom stereocenters. The lowest BCUT2D eigenvalue weighted by Gasteiger charge is -2.21. The molecule has 0 saturated heterocycles. The van der Waals surface area contributed by atoms with Crippen LogP contribution in [0.15, 0.2) is 42.5 Å². The minimum atomic E-state index is -0.420. The highest BCUT2D eigenvalue weighted by Gasteiger charge is 2.03. The van der Waals surface area contributed by atoms with Gasteiger partial charge in [0, 0.05) is 30.2 Å². The normalized spacial score (nSPS) is 10.0. The van der Waals surface area contributed by atoms with Gasteiger partial charge in [-0.15, -0.1) is 0 Å². The summed E-state index contributed by atoms with van der Waals surface area (Å²) < 4.78 is 13.4. The fraction of sp³-hybridized carbons (Fsp3) is 0.235. The molecule has 2 aromatic carbocycles. The minimum Gasteiger partial charge on any atom is -0.372 e. The summed E-state index contributed by atoms with van der Waals surface area (Å²) in [7, 11) is 0. The van der Waals surface area contributed by atoms with E-state index < -0.39 is 5.82 Å². The average molecular weight is 283 g/mol. The summed E-state index contributed by atoms with van der Waals surface area (Å²) in [5.74, 6) is -0.420. The molecule has 4 heteroatoms. The second-order valence-corrected chi connectivity index (χ2v) is 4.68. The molecule has 0 atom stereocenters. The molecule has 0 aliphatic heterocycles. The van der Waals surface area contributed by atoms with E-state index in [0.29, 0.717) is 11.3 Å². The van der Waals surface area contributed by atoms with E-state index in [0.717, 1.165) is 24.5 Å². The third-order valence-electron chi connectivity index (χ3n) is 3.31. The van der Waals surface area contributed by atoms with Gasteiger partial charge in [-0.1, -0.05) is 0 Å². The van der Waals surface area contributed by atoms with Crippen LogP contribution in [0.3, 0.4) is 0 Å². The monoisotopic (exact) mass is 283 g/mol. The predicted molar refractivity (Wildman–Crippen MR) is 84.4 cm³/mol. The van der Waals surface area contributed by atoms with Crippen molar-refractivity contribution in [2.45, 2.75) is 13.8 Å². The van der Waals surface area contributed by atoms with E-state index in [1.165, 1.54) is 12.1 Å². The van der Waals surface area contributed by atoms with Crippen LogP contribution in [0.5, 0.6) is 0 Å². The van der Waals surface area contributed by atoms with Crippen LogP contribution < -0.4 is 10.2 Å². The van der Waals surface area contributed by atoms with Crippen molar-refractivity contribution in [2.75, 3.05) is 23.3 Å². The molecule has 21 heavy (non-hydrogen) atoms. The Morgan fingerprint density at radius 2 is 1.71 bits per heavy atom. The van der Waals surface area contributed by atoms with E-state index in [9.17, 15) is 4.39 Å². The molecule has 0 heterocycles. The predicted octanol–water partition coefficient (Wildman–Crippen LogP) is 4.29. The number of hydrogen-bond donors (Lipinski definition) is 1. The number of hydrogen-bond acceptors (Lipinski definition) is 3. The van der Waals surface area contributed by atoms with Gasteiger partial charge in [0.15, 0.2) is 0 Å². The molecule has 0 bridgehead atoms. The van der Waals surface area contributed by atoms with Crippen molar-refractivity contribution >= 4 is 17.1 Å². The van der Waals surface area contributed by atoms with Crippen LogP contribution in [-0.4, -0.2) is 13.1 Å². The van der Waals surface area contributed by atoms with Crippen molar-refractivity contribution < 1.29 is 4.39 Å². The topological polar surface area (TPSA) is 39.1 Å². The zero-order valence-electron chi connectivity index (χ0n) is 12.2. The average Bonchev–Trinajstić information content (AvgIpc) is 2.49. The van der Waals surface area contributed by atoms with Crippen LogP contribution >= 0.6 is 0 Å². The van der Waals surface area contributed by atoms with Gasteiger partial charge in [-0.05, 0) is 56.3 Å². The maximum atomic E-state index is 13.4. The maximum absolute atomic E-state index is 13.4. The fourth-order valence-electron chi connectivity index (χ4n) is 2.24. The Morgan fingerprint density at radius 3 is 2.29 bits per heavy atom. The molecular formula is C17H18FN3. The van der Waals surface area contributed by atoms with E-state index in [1.807, 2.05) is 30.3 Å². The van der Waals surface area contributed by atoms with Crippen LogP contribution in [0.2, 0.25) is 0 Å². The molecule has 0 amide bonds. The SMILES string of the molecule is CCN(CC)c1ccc(Nc2cc(F)cc(C#N)c2)cc1. The Bertz CT molecular complexity index is 640. The lowest BCUT2D eigenvalue weighted by molar-refractivity contribution is 0.628. The van der Waals surface area contributed by atoms with Crippen LogP contribution in [0.4, 0.5) is 21.5 Å². The lowest BCUT2D eigenvalue weighted by atomic mass is 10.2. The van der Waals surface area contributed by atoms with E-state index in [4.69, 9.17) is 5.26 Å². The summed E-state index contributed by atoms with van der Waals surface area (Å²) in [5, 5.41) is 12.0. The zero-order valence-corrected chi connectivity index (χ0v) is 12.2. The number of nitrogens with zero attached hydrogens (tertiary/aromatic N) is 2. The molecule has 0 aliphatic rings. The summed E-state index contributed by atoms with van der Waals surface area (Å²) >= 11 is 0. The van der Waals surface area contributed by atoms with Crippen LogP contribution in [0.1, 0.15) is 19.4 Å². The van der Waals surface area contributed by atoms with Crippen molar-refractivity contribution in [1.29, 1.82) is 5.26 Å². The van der Waals surface area contributed by atoms with Gasteiger partial charge in [-0.2, -0.15) is 5.26 Å². The molecule has 0 aliphatic carbocycles. The van der Waals surface area contributed by atoms with Crippen molar-refractivity contribution in [3.05, 3.63) is 53.8 Å². The molecule has 0 spiro atoms. The smallest absolute Gasteiger partial charge is 0.126 e. The minimum absolute atomic E-state index is 0.303. The molecule has 1 N–H and O–H groups in total. The summed E-state index contributed by atoms with van der Waals surface area (Å²) in [6.07, 6.45) is 0. The summed E-state index contributed by atoms with van der Waals surface area (Å²) in [6.45, 7) is 6.15. The molecular weight excluding hydrogens is 265 g/mol. The van der Waals surface area contributed by atoms with E-state index in [2.05, 4.69) is 24.1 Å². The molecule has 0 radical (unpaired) electrons. The van der Waals surface area contributed by atoms with Gasteiger partial charge in [0.05, 0.1) is 11.6 Å². The quantitative estimate of drug-likeness (QED) is 0.889. The first-order chi connectivity index (χ1) is 10.2. The van der Waals surface area contributed by atoms with Crippen molar-refractivity contribution in [1.82, 2.24) is 0 Å². The highest BCUT2D eigenvalue weighted by Crippen LogP contribution is 2.22. The summed E-state index contributed by atoms with van der Waals surface area (Å²) in [4.78, 5) is 2.25. The zero-order chi connectivity index (χ0) is 15.2. The van der Waals surface area contributed by atoms with Crippen molar-refractivity contribution in [3.8, 4) is 6.07 Å². The second kappa shape index (κ2) is 6.76. The Morgan fingerprint density at radius 1 is 1.05 bits per heavy atom. The number of anilines is 3. The lowest BCUT2D eigenvalue weighted by Crippen LogP contribution is -2.21. The van der Waals surface area contributed by atoms with Crippen molar-refractivity contribution in [3.63, 3.8) is 0 Å². The summed E-state index contributed by atoms with van der Waals surface area (Å²) in [6, 6.07) is 14.1. The van der Waals surface area contributed by atoms with Gasteiger partial charge >= 0.3 is 0 Å². The third-order valence-corrected chi connectivity index (χ3v) is 3.31. The van der Waals surface area contributed by atoms with Crippen LogP contribution in [-0.2, 0) is 0 Å². The van der Waals surface area contributed by atoms with Crippen LogP contribution in [0, 0.1) is 17.1 Å². The number of nitrogens with one attached hydrogen (secondary N) is 1. The third kappa shape index (κ3) is 3.73. The molecule has 0 saturated carbocycles. The molecule has 3 nitrogen and oxygen atoms in total. The maximum Gasteiger partial charge on any atom is 0.126 e. The van der Waals surface area contributed by atoms with Crippen molar-refractivity contribution in [2.24, 2.45) is 0 Å². The largest absolute Gasteiger partial charge is 0.372 e. The Hall–Kier alpha value is -2.54. The number of rotatable bonds is 5. The number of benzene rings is 2. The first kappa shape index (κ1) is 14.9. The Kier molecular flexibility index (Phi) is 4.78. The second-order valence-electron chi connectivity index (χ2n) is 4.68. The number of halogens is 1. The first-order valence-electron chi connectivity index (χ1n) is 6.99. The first-order valence-corrected chi connectivity index (χ1v) is 6.99. The van der Waals surface area contributed by atoms with Crippen LogP contribution in [0.25, 0.3) is 0 Å². The highest BCUT2D eigenvalue weighted by atomic mass is 19.1. The summed E-state index contributed by atoms with van der Waals surface area (Å²) in [5.41, 5.74) is 2.89. The van der Waals surface area contributed by atoms with Gasteiger partial charge in [-0.25, -0.2) is 4.39 Å². The van der Waals surface area contributed by atoms with Gasteiger partial charge < -0.3 is 10.2 Å². The molecule has 0 aromatic heterocycles. The molecule has 0 fully saturated rings. The van der Waals surface area contributed by atoms with Gasteiger partial charge in [0.25, 0.3) is 0 Å². The van der Waals surface area contributed by atoms with E-state index in [1.54, 1.807) is 6.07 Å². The van der Waals surface area contributed by atoms with E-state index >= 15 is 0 Å². The van der Waals surface area contributed by atoms with Gasteiger partial charge in [-0.3, -0.25) is 0 Å². The fourth-order valence-corrected chi connectivity index (χ4v) is 2.24. The highest BCUT2D eigenvalue weighted by molar-refractivity contribution is 5.64. The molecule has 2 rings (SSSR count). The Balaban J connectivity index is 2.17. The number of nitriles is 1. The molecule has 108 valence electrons. The van der Waals surface area contributed by atoms with E-state index in [-0.39, 0.29) is 0 Å². The Labute approximate surface area is 124 Å². The van der Waals surface area contributed by atoms with Gasteiger partial charge in [0.2, 0.25) is 0 Å². The van der Waals surface area contributed by atoms with Gasteiger partial charge in [0.1, 0.15) is 5.82 Å². The molecule has 2 aromatic rings.